The van der Waals surface area contributed by atoms with E-state index in [2.05, 4.69) is 15.6 Å². The minimum Gasteiger partial charge on any atom is -0.495 e. The summed E-state index contributed by atoms with van der Waals surface area (Å²) in [5, 5.41) is 5.11. The van der Waals surface area contributed by atoms with Gasteiger partial charge in [0.05, 0.1) is 24.3 Å². The van der Waals surface area contributed by atoms with E-state index in [1.807, 2.05) is 0 Å². The van der Waals surface area contributed by atoms with Crippen LogP contribution in [0.4, 0.5) is 11.4 Å². The van der Waals surface area contributed by atoms with Crippen molar-refractivity contribution in [2.45, 2.75) is 25.0 Å². The first kappa shape index (κ1) is 22.2. The highest BCUT2D eigenvalue weighted by atomic mass is 32.2. The lowest BCUT2D eigenvalue weighted by Gasteiger charge is -2.10. The molecule has 0 spiro atoms. The van der Waals surface area contributed by atoms with E-state index in [9.17, 15) is 19.2 Å². The maximum atomic E-state index is 12.3. The highest BCUT2D eigenvalue weighted by Crippen LogP contribution is 2.28. The number of carbonyl (C=O) groups excluding carboxylic acids is 4. The monoisotopic (exact) mass is 439 g/mol. The predicted octanol–water partition coefficient (Wildman–Crippen LogP) is 3.30. The molecular formula is C22H21N3O5S. The topological polar surface area (TPSA) is 114 Å². The van der Waals surface area contributed by atoms with Gasteiger partial charge in [0.25, 0.3) is 5.91 Å². The zero-order valence-corrected chi connectivity index (χ0v) is 17.8. The van der Waals surface area contributed by atoms with Gasteiger partial charge in [-0.3, -0.25) is 19.2 Å². The van der Waals surface area contributed by atoms with Crippen LogP contribution in [0, 0.1) is 0 Å². The molecule has 1 heterocycles. The van der Waals surface area contributed by atoms with Crippen LogP contribution in [0.15, 0.2) is 53.5 Å². The number of ketones is 1. The number of carbonyl (C=O) groups is 4. The molecule has 9 heteroatoms. The van der Waals surface area contributed by atoms with Crippen molar-refractivity contribution in [3.05, 3.63) is 54.1 Å². The number of nitrogens with one attached hydrogen (secondary N) is 2. The summed E-state index contributed by atoms with van der Waals surface area (Å²) < 4.78 is 5.20. The molecule has 0 aliphatic carbocycles. The van der Waals surface area contributed by atoms with Crippen molar-refractivity contribution >= 4 is 51.7 Å². The maximum absolute atomic E-state index is 12.3. The number of hydrogen-bond donors (Lipinski definition) is 2. The Labute approximate surface area is 183 Å². The highest BCUT2D eigenvalue weighted by Gasteiger charge is 2.31. The molecular weight excluding hydrogens is 418 g/mol. The molecule has 3 rings (SSSR count). The number of hydrogen-bond acceptors (Lipinski definition) is 6. The van der Waals surface area contributed by atoms with Gasteiger partial charge in [-0.25, -0.2) is 4.99 Å². The quantitative estimate of drug-likeness (QED) is 0.610. The molecule has 1 unspecified atom stereocenters. The molecule has 0 saturated heterocycles. The molecule has 1 atom stereocenters. The van der Waals surface area contributed by atoms with Crippen LogP contribution in [0.3, 0.4) is 0 Å². The summed E-state index contributed by atoms with van der Waals surface area (Å²) >= 11 is 1.12. The average molecular weight is 439 g/mol. The Hall–Kier alpha value is -3.46. The molecule has 160 valence electrons. The van der Waals surface area contributed by atoms with Crippen molar-refractivity contribution in [3.63, 3.8) is 0 Å². The summed E-state index contributed by atoms with van der Waals surface area (Å²) in [6.07, 6.45) is -0.141. The van der Waals surface area contributed by atoms with E-state index in [-0.39, 0.29) is 30.4 Å². The molecule has 0 aromatic heterocycles. The van der Waals surface area contributed by atoms with E-state index in [0.717, 1.165) is 11.8 Å². The number of amides is 3. The molecule has 1 aliphatic rings. The number of rotatable bonds is 8. The summed E-state index contributed by atoms with van der Waals surface area (Å²) in [7, 11) is 1.51. The normalized spacial score (nSPS) is 15.2. The van der Waals surface area contributed by atoms with Gasteiger partial charge in [-0.15, -0.1) is 0 Å². The third-order valence-electron chi connectivity index (χ3n) is 4.43. The van der Waals surface area contributed by atoms with Crippen LogP contribution in [-0.4, -0.2) is 40.9 Å². The number of thioether (sulfide) groups is 1. The van der Waals surface area contributed by atoms with Crippen LogP contribution >= 0.6 is 11.8 Å². The van der Waals surface area contributed by atoms with E-state index >= 15 is 0 Å². The van der Waals surface area contributed by atoms with E-state index < -0.39 is 11.2 Å². The Morgan fingerprint density at radius 1 is 1.03 bits per heavy atom. The van der Waals surface area contributed by atoms with E-state index in [1.165, 1.54) is 14.0 Å². The molecule has 8 nitrogen and oxygen atoms in total. The van der Waals surface area contributed by atoms with Crippen molar-refractivity contribution in [2.24, 2.45) is 4.99 Å². The lowest BCUT2D eigenvalue weighted by atomic mass is 10.1. The fourth-order valence-corrected chi connectivity index (χ4v) is 3.97. The van der Waals surface area contributed by atoms with Gasteiger partial charge in [-0.05, 0) is 43.3 Å². The summed E-state index contributed by atoms with van der Waals surface area (Å²) in [4.78, 5) is 52.0. The third-order valence-corrected chi connectivity index (χ3v) is 5.59. The molecule has 1 aliphatic heterocycles. The zero-order valence-electron chi connectivity index (χ0n) is 17.0. The number of Topliss-reactive ketones (excluding diaryl/α,β-unsaturated/α-hetero) is 1. The number of ether oxygens (including phenoxy) is 1. The zero-order chi connectivity index (χ0) is 22.4. The molecule has 2 N–H and O–H groups in total. The molecule has 2 aromatic rings. The number of nitrogens with zero attached hydrogens (tertiary/aromatic N) is 1. The van der Waals surface area contributed by atoms with Gasteiger partial charge in [-0.1, -0.05) is 23.9 Å². The Bertz CT molecular complexity index is 1050. The average Bonchev–Trinajstić information content (AvgIpc) is 3.06. The van der Waals surface area contributed by atoms with E-state index in [4.69, 9.17) is 4.74 Å². The third kappa shape index (κ3) is 6.02. The molecule has 0 radical (unpaired) electrons. The number of benzene rings is 2. The summed E-state index contributed by atoms with van der Waals surface area (Å²) in [6.45, 7) is 1.46. The van der Waals surface area contributed by atoms with Gasteiger partial charge in [0.15, 0.2) is 5.78 Å². The predicted molar refractivity (Wildman–Crippen MR) is 120 cm³/mol. The lowest BCUT2D eigenvalue weighted by molar-refractivity contribution is -0.121. The van der Waals surface area contributed by atoms with Crippen LogP contribution in [0.5, 0.6) is 5.75 Å². The van der Waals surface area contributed by atoms with Gasteiger partial charge in [0.2, 0.25) is 11.8 Å². The van der Waals surface area contributed by atoms with Crippen LogP contribution in [-0.2, 0) is 14.4 Å². The van der Waals surface area contributed by atoms with Crippen LogP contribution in [0.1, 0.15) is 30.1 Å². The Balaban J connectivity index is 1.51. The number of methoxy groups -OCH3 is 1. The highest BCUT2D eigenvalue weighted by molar-refractivity contribution is 8.15. The van der Waals surface area contributed by atoms with Crippen molar-refractivity contribution in [1.82, 2.24) is 0 Å². The first-order valence-electron chi connectivity index (χ1n) is 9.47. The number of aliphatic imine (C=N–C) groups is 1. The van der Waals surface area contributed by atoms with Crippen molar-refractivity contribution in [1.29, 1.82) is 0 Å². The Kier molecular flexibility index (Phi) is 7.19. The molecule has 3 amide bonds. The molecule has 31 heavy (non-hydrogen) atoms. The summed E-state index contributed by atoms with van der Waals surface area (Å²) in [5.74, 6) is -0.660. The van der Waals surface area contributed by atoms with Crippen LogP contribution in [0.25, 0.3) is 0 Å². The maximum Gasteiger partial charge on any atom is 0.260 e. The number of anilines is 2. The molecule has 0 fully saturated rings. The smallest absolute Gasteiger partial charge is 0.260 e. The summed E-state index contributed by atoms with van der Waals surface area (Å²) in [6, 6.07) is 13.5. The van der Waals surface area contributed by atoms with Gasteiger partial charge >= 0.3 is 0 Å². The SMILES string of the molecule is COc1ccccc1NC(=O)CC1=NC(=O)C(CC(=O)Nc2ccc(C(C)=O)cc2)S1. The van der Waals surface area contributed by atoms with Crippen LogP contribution < -0.4 is 15.4 Å². The summed E-state index contributed by atoms with van der Waals surface area (Å²) in [5.41, 5.74) is 1.60. The first-order chi connectivity index (χ1) is 14.9. The minimum absolute atomic E-state index is 0.0646. The van der Waals surface area contributed by atoms with Gasteiger partial charge in [0, 0.05) is 17.7 Å². The van der Waals surface area contributed by atoms with Crippen LogP contribution in [0.2, 0.25) is 0 Å². The second kappa shape index (κ2) is 10.0. The Morgan fingerprint density at radius 2 is 1.74 bits per heavy atom. The lowest BCUT2D eigenvalue weighted by Crippen LogP contribution is -2.21. The fourth-order valence-electron chi connectivity index (χ4n) is 2.89. The van der Waals surface area contributed by atoms with Gasteiger partial charge < -0.3 is 15.4 Å². The van der Waals surface area contributed by atoms with E-state index in [1.54, 1.807) is 48.5 Å². The van der Waals surface area contributed by atoms with Gasteiger partial charge in [0.1, 0.15) is 11.0 Å². The largest absolute Gasteiger partial charge is 0.495 e. The first-order valence-corrected chi connectivity index (χ1v) is 10.4. The second-order valence-electron chi connectivity index (χ2n) is 6.76. The number of para-hydroxylation sites is 2. The second-order valence-corrected chi connectivity index (χ2v) is 8.04. The van der Waals surface area contributed by atoms with Crippen molar-refractivity contribution in [3.8, 4) is 5.75 Å². The van der Waals surface area contributed by atoms with Gasteiger partial charge in [-0.2, -0.15) is 0 Å². The fraction of sp³-hybridized carbons (Fsp3) is 0.227. The standard InChI is InChI=1S/C22H21N3O5S/c1-13(26)14-7-9-15(10-8-14)23-19(27)11-18-22(29)25-21(31-18)12-20(28)24-16-5-3-4-6-17(16)30-2/h3-10,18H,11-12H2,1-2H3,(H,23,27)(H,24,28). The Morgan fingerprint density at radius 3 is 2.42 bits per heavy atom. The van der Waals surface area contributed by atoms with Crippen molar-refractivity contribution < 1.29 is 23.9 Å². The molecule has 0 saturated carbocycles. The molecule has 0 bridgehead atoms. The molecule has 2 aromatic carbocycles. The minimum atomic E-state index is -0.675. The van der Waals surface area contributed by atoms with E-state index in [0.29, 0.717) is 27.7 Å². The van der Waals surface area contributed by atoms with Crippen molar-refractivity contribution in [2.75, 3.05) is 17.7 Å².